The minimum atomic E-state index is -0.779. The molecule has 0 aliphatic rings. The summed E-state index contributed by atoms with van der Waals surface area (Å²) in [6.07, 6.45) is 7.75. The van der Waals surface area contributed by atoms with Crippen molar-refractivity contribution in [3.05, 3.63) is 34.9 Å². The quantitative estimate of drug-likeness (QED) is 0.658. The molecule has 1 unspecified atom stereocenters. The van der Waals surface area contributed by atoms with E-state index in [0.717, 1.165) is 12.8 Å². The van der Waals surface area contributed by atoms with Crippen molar-refractivity contribution >= 4 is 0 Å². The van der Waals surface area contributed by atoms with Crippen molar-refractivity contribution in [2.24, 2.45) is 5.73 Å². The minimum absolute atomic E-state index is 0.302. The lowest BCUT2D eigenvalue weighted by atomic mass is 9.98. The number of hydrogen-bond acceptors (Lipinski definition) is 1. The molecule has 0 heterocycles. The van der Waals surface area contributed by atoms with Crippen molar-refractivity contribution in [2.75, 3.05) is 0 Å². The van der Waals surface area contributed by atoms with Gasteiger partial charge in [0.15, 0.2) is 11.6 Å². The molecule has 0 bridgehead atoms. The molecule has 0 spiro atoms. The van der Waals surface area contributed by atoms with Gasteiger partial charge in [-0.05, 0) is 18.9 Å². The van der Waals surface area contributed by atoms with Gasteiger partial charge in [-0.1, -0.05) is 57.6 Å². The van der Waals surface area contributed by atoms with Crippen LogP contribution in [0.2, 0.25) is 0 Å². The van der Waals surface area contributed by atoms with Crippen LogP contribution in [0.15, 0.2) is 12.1 Å². The lowest BCUT2D eigenvalue weighted by Gasteiger charge is -2.14. The molecular formula is C16H25F2N. The first-order chi connectivity index (χ1) is 9.07. The Morgan fingerprint density at radius 1 is 1.00 bits per heavy atom. The standard InChI is InChI=1S/C16H25F2N/c1-3-4-5-6-7-8-9-14(19)13-11-10-12(2)15(17)16(13)18/h10-11,14H,3-9,19H2,1-2H3. The lowest BCUT2D eigenvalue weighted by molar-refractivity contribution is 0.471. The molecule has 0 aliphatic carbocycles. The zero-order chi connectivity index (χ0) is 14.3. The van der Waals surface area contributed by atoms with Gasteiger partial charge in [-0.3, -0.25) is 0 Å². The second-order valence-electron chi connectivity index (χ2n) is 5.26. The van der Waals surface area contributed by atoms with Gasteiger partial charge < -0.3 is 5.73 Å². The van der Waals surface area contributed by atoms with Crippen molar-refractivity contribution < 1.29 is 8.78 Å². The summed E-state index contributed by atoms with van der Waals surface area (Å²) < 4.78 is 27.2. The highest BCUT2D eigenvalue weighted by atomic mass is 19.2. The molecule has 1 nitrogen and oxygen atoms in total. The maximum Gasteiger partial charge on any atom is 0.163 e. The van der Waals surface area contributed by atoms with Gasteiger partial charge in [-0.25, -0.2) is 8.78 Å². The predicted molar refractivity (Wildman–Crippen MR) is 76.0 cm³/mol. The molecule has 0 aliphatic heterocycles. The van der Waals surface area contributed by atoms with Crippen LogP contribution in [0.1, 0.15) is 69.0 Å². The molecule has 2 N–H and O–H groups in total. The molecule has 3 heteroatoms. The van der Waals surface area contributed by atoms with Crippen LogP contribution in [-0.2, 0) is 0 Å². The summed E-state index contributed by atoms with van der Waals surface area (Å²) in [5.74, 6) is -1.55. The third-order valence-electron chi connectivity index (χ3n) is 3.57. The van der Waals surface area contributed by atoms with Crippen molar-refractivity contribution in [1.82, 2.24) is 0 Å². The van der Waals surface area contributed by atoms with Crippen LogP contribution in [0.4, 0.5) is 8.78 Å². The van der Waals surface area contributed by atoms with E-state index in [1.807, 2.05) is 0 Å². The second-order valence-corrected chi connectivity index (χ2v) is 5.26. The number of unbranched alkanes of at least 4 members (excludes halogenated alkanes) is 5. The van der Waals surface area contributed by atoms with Crippen molar-refractivity contribution in [3.63, 3.8) is 0 Å². The molecule has 0 fully saturated rings. The topological polar surface area (TPSA) is 26.0 Å². The van der Waals surface area contributed by atoms with E-state index in [-0.39, 0.29) is 0 Å². The monoisotopic (exact) mass is 269 g/mol. The Balaban J connectivity index is 2.41. The van der Waals surface area contributed by atoms with Crippen LogP contribution in [0, 0.1) is 18.6 Å². The summed E-state index contributed by atoms with van der Waals surface area (Å²) in [4.78, 5) is 0. The molecule has 0 aromatic heterocycles. The zero-order valence-corrected chi connectivity index (χ0v) is 12.0. The Kier molecular flexibility index (Phi) is 7.00. The molecule has 0 radical (unpaired) electrons. The lowest BCUT2D eigenvalue weighted by Crippen LogP contribution is -2.13. The first-order valence-corrected chi connectivity index (χ1v) is 7.28. The van der Waals surface area contributed by atoms with Crippen molar-refractivity contribution in [3.8, 4) is 0 Å². The molecular weight excluding hydrogens is 244 g/mol. The summed E-state index contributed by atoms with van der Waals surface area (Å²) >= 11 is 0. The number of hydrogen-bond donors (Lipinski definition) is 1. The number of halogens is 2. The first-order valence-electron chi connectivity index (χ1n) is 7.28. The van der Waals surface area contributed by atoms with Crippen LogP contribution < -0.4 is 5.73 Å². The van der Waals surface area contributed by atoms with E-state index < -0.39 is 17.7 Å². The van der Waals surface area contributed by atoms with Crippen LogP contribution in [-0.4, -0.2) is 0 Å². The summed E-state index contributed by atoms with van der Waals surface area (Å²) in [6.45, 7) is 3.74. The van der Waals surface area contributed by atoms with Crippen LogP contribution in [0.3, 0.4) is 0 Å². The normalized spacial score (nSPS) is 12.7. The molecule has 0 amide bonds. The van der Waals surface area contributed by atoms with Gasteiger partial charge in [0.1, 0.15) is 0 Å². The number of nitrogens with two attached hydrogens (primary N) is 1. The Hall–Kier alpha value is -0.960. The van der Waals surface area contributed by atoms with Gasteiger partial charge in [-0.2, -0.15) is 0 Å². The molecule has 108 valence electrons. The van der Waals surface area contributed by atoms with E-state index in [0.29, 0.717) is 17.5 Å². The molecule has 0 saturated heterocycles. The maximum absolute atomic E-state index is 13.7. The molecule has 1 aromatic carbocycles. The highest BCUT2D eigenvalue weighted by Crippen LogP contribution is 2.24. The SMILES string of the molecule is CCCCCCCCC(N)c1ccc(C)c(F)c1F. The van der Waals surface area contributed by atoms with E-state index in [1.54, 1.807) is 19.1 Å². The number of benzene rings is 1. The van der Waals surface area contributed by atoms with E-state index in [2.05, 4.69) is 6.92 Å². The van der Waals surface area contributed by atoms with E-state index >= 15 is 0 Å². The Morgan fingerprint density at radius 3 is 2.32 bits per heavy atom. The van der Waals surface area contributed by atoms with Crippen LogP contribution >= 0.6 is 0 Å². The van der Waals surface area contributed by atoms with Crippen LogP contribution in [0.25, 0.3) is 0 Å². The van der Waals surface area contributed by atoms with Gasteiger partial charge in [0.2, 0.25) is 0 Å². The molecule has 0 saturated carbocycles. The maximum atomic E-state index is 13.7. The van der Waals surface area contributed by atoms with Crippen molar-refractivity contribution in [2.45, 2.75) is 64.8 Å². The summed E-state index contributed by atoms with van der Waals surface area (Å²) in [5.41, 5.74) is 6.58. The van der Waals surface area contributed by atoms with Crippen molar-refractivity contribution in [1.29, 1.82) is 0 Å². The van der Waals surface area contributed by atoms with E-state index in [1.165, 1.54) is 25.7 Å². The fraction of sp³-hybridized carbons (Fsp3) is 0.625. The fourth-order valence-corrected chi connectivity index (χ4v) is 2.25. The zero-order valence-electron chi connectivity index (χ0n) is 12.0. The van der Waals surface area contributed by atoms with E-state index in [4.69, 9.17) is 5.73 Å². The largest absolute Gasteiger partial charge is 0.324 e. The average Bonchev–Trinajstić information content (AvgIpc) is 2.40. The molecule has 19 heavy (non-hydrogen) atoms. The first kappa shape index (κ1) is 16.1. The van der Waals surface area contributed by atoms with Gasteiger partial charge in [0, 0.05) is 11.6 Å². The molecule has 1 aromatic rings. The highest BCUT2D eigenvalue weighted by Gasteiger charge is 2.16. The summed E-state index contributed by atoms with van der Waals surface area (Å²) in [5, 5.41) is 0. The summed E-state index contributed by atoms with van der Waals surface area (Å²) in [6, 6.07) is 2.80. The Labute approximate surface area is 115 Å². The van der Waals surface area contributed by atoms with E-state index in [9.17, 15) is 8.78 Å². The second kappa shape index (κ2) is 8.26. The van der Waals surface area contributed by atoms with Gasteiger partial charge in [-0.15, -0.1) is 0 Å². The van der Waals surface area contributed by atoms with Crippen LogP contribution in [0.5, 0.6) is 0 Å². The predicted octanol–water partition coefficient (Wildman–Crippen LogP) is 5.02. The molecule has 1 rings (SSSR count). The fourth-order valence-electron chi connectivity index (χ4n) is 2.25. The average molecular weight is 269 g/mol. The number of rotatable bonds is 8. The Bertz CT molecular complexity index is 391. The minimum Gasteiger partial charge on any atom is -0.324 e. The summed E-state index contributed by atoms with van der Waals surface area (Å²) in [7, 11) is 0. The smallest absolute Gasteiger partial charge is 0.163 e. The van der Waals surface area contributed by atoms with Gasteiger partial charge in [0.05, 0.1) is 0 Å². The highest BCUT2D eigenvalue weighted by molar-refractivity contribution is 5.27. The number of aryl methyl sites for hydroxylation is 1. The Morgan fingerprint density at radius 2 is 1.63 bits per heavy atom. The third kappa shape index (κ3) is 4.90. The van der Waals surface area contributed by atoms with Gasteiger partial charge in [0.25, 0.3) is 0 Å². The third-order valence-corrected chi connectivity index (χ3v) is 3.57. The van der Waals surface area contributed by atoms with Gasteiger partial charge >= 0.3 is 0 Å². The molecule has 1 atom stereocenters.